The zero-order valence-corrected chi connectivity index (χ0v) is 19.0. The molecule has 9 heteroatoms. The van der Waals surface area contributed by atoms with Crippen LogP contribution in [0, 0.1) is 0 Å². The van der Waals surface area contributed by atoms with Gasteiger partial charge in [-0.15, -0.1) is 5.10 Å². The van der Waals surface area contributed by atoms with Crippen LogP contribution in [0.25, 0.3) is 22.6 Å². The number of hydrogen-bond acceptors (Lipinski definition) is 7. The third-order valence-electron chi connectivity index (χ3n) is 5.84. The van der Waals surface area contributed by atoms with E-state index in [1.165, 1.54) is 0 Å². The molecule has 1 saturated heterocycles. The van der Waals surface area contributed by atoms with Crippen LogP contribution in [0.4, 0.5) is 0 Å². The maximum absolute atomic E-state index is 13.2. The van der Waals surface area contributed by atoms with Gasteiger partial charge in [0.25, 0.3) is 5.89 Å². The monoisotopic (exact) mass is 443 g/mol. The third-order valence-corrected chi connectivity index (χ3v) is 5.84. The van der Waals surface area contributed by atoms with Crippen LogP contribution in [0.5, 0.6) is 5.75 Å². The Morgan fingerprint density at radius 3 is 2.56 bits per heavy atom. The molecule has 172 valence electrons. The Bertz CT molecular complexity index is 1180. The lowest BCUT2D eigenvalue weighted by atomic mass is 9.78. The van der Waals surface area contributed by atoms with Crippen LogP contribution in [0.1, 0.15) is 47.5 Å². The molecular weight excluding hydrogens is 414 g/mol. The molecule has 3 heterocycles. The minimum atomic E-state index is -0.744. The highest BCUT2D eigenvalue weighted by Crippen LogP contribution is 2.38. The molecule has 0 bridgehead atoms. The fourth-order valence-corrected chi connectivity index (χ4v) is 5.02. The van der Waals surface area contributed by atoms with E-state index in [0.717, 1.165) is 10.1 Å². The summed E-state index contributed by atoms with van der Waals surface area (Å²) in [5.41, 5.74) is -0.598. The Kier molecular flexibility index (Phi) is 5.40. The number of carbonyl (C=O) groups is 1. The van der Waals surface area contributed by atoms with Crippen LogP contribution in [-0.2, 0) is 11.3 Å². The van der Waals surface area contributed by atoms with Crippen molar-refractivity contribution in [1.82, 2.24) is 14.7 Å². The summed E-state index contributed by atoms with van der Waals surface area (Å²) in [6, 6.07) is 7.22. The number of benzene rings is 1. The van der Waals surface area contributed by atoms with Gasteiger partial charge in [0.05, 0.1) is 12.7 Å². The van der Waals surface area contributed by atoms with Crippen molar-refractivity contribution < 1.29 is 23.5 Å². The molecule has 0 saturated carbocycles. The highest BCUT2D eigenvalue weighted by Gasteiger charge is 2.47. The number of rotatable bonds is 5. The molecule has 32 heavy (non-hydrogen) atoms. The molecule has 1 aliphatic rings. The van der Waals surface area contributed by atoms with Crippen LogP contribution in [-0.4, -0.2) is 49.5 Å². The van der Waals surface area contributed by atoms with Gasteiger partial charge in [-0.2, -0.15) is 4.68 Å². The van der Waals surface area contributed by atoms with E-state index in [0.29, 0.717) is 30.8 Å². The van der Waals surface area contributed by atoms with Gasteiger partial charge >= 0.3 is 5.76 Å². The van der Waals surface area contributed by atoms with Gasteiger partial charge in [-0.3, -0.25) is 4.79 Å². The molecule has 0 atom stereocenters. The van der Waals surface area contributed by atoms with Gasteiger partial charge in [-0.1, -0.05) is 12.1 Å². The van der Waals surface area contributed by atoms with Crippen molar-refractivity contribution in [2.24, 2.45) is 0 Å². The second-order valence-corrected chi connectivity index (χ2v) is 9.47. The van der Waals surface area contributed by atoms with Crippen molar-refractivity contribution in [3.8, 4) is 17.4 Å². The zero-order chi connectivity index (χ0) is 23.3. The number of carbonyl (C=O) groups excluding carboxylic acids is 1. The average Bonchev–Trinajstić information content (AvgIpc) is 3.24. The summed E-state index contributed by atoms with van der Waals surface area (Å²) < 4.78 is 17.7. The summed E-state index contributed by atoms with van der Waals surface area (Å²) in [6.45, 7) is 9.75. The summed E-state index contributed by atoms with van der Waals surface area (Å²) in [6.07, 6.45) is 0.435. The molecule has 3 aromatic rings. The number of fused-ring (bicyclic) bond motifs is 1. The lowest BCUT2D eigenvalue weighted by Crippen LogP contribution is -2.64. The second kappa shape index (κ2) is 7.81. The van der Waals surface area contributed by atoms with Crippen LogP contribution < -0.4 is 10.5 Å². The number of aromatic nitrogens is 2. The highest BCUT2D eigenvalue weighted by atomic mass is 16.5. The van der Waals surface area contributed by atoms with Gasteiger partial charge in [0, 0.05) is 16.5 Å². The van der Waals surface area contributed by atoms with Crippen molar-refractivity contribution in [1.29, 1.82) is 0 Å². The van der Waals surface area contributed by atoms with Gasteiger partial charge in [0.15, 0.2) is 17.1 Å². The molecule has 9 nitrogen and oxygen atoms in total. The van der Waals surface area contributed by atoms with E-state index in [1.807, 2.05) is 46.8 Å². The number of hydrogen-bond donors (Lipinski definition) is 1. The number of likely N-dealkylation sites (tertiary alicyclic amines) is 1. The molecule has 1 amide bonds. The number of piperidine rings is 1. The first kappa shape index (κ1) is 22.1. The Hall–Kier alpha value is -3.07. The van der Waals surface area contributed by atoms with Gasteiger partial charge in [0.2, 0.25) is 5.91 Å². The summed E-state index contributed by atoms with van der Waals surface area (Å²) in [5.74, 6) is -0.153. The summed E-state index contributed by atoms with van der Waals surface area (Å²) >= 11 is 0. The molecule has 0 aliphatic carbocycles. The van der Waals surface area contributed by atoms with Crippen LogP contribution in [0.3, 0.4) is 0 Å². The fourth-order valence-electron chi connectivity index (χ4n) is 5.02. The molecule has 4 rings (SSSR count). The van der Waals surface area contributed by atoms with Crippen LogP contribution in [0.2, 0.25) is 0 Å². The molecule has 1 aromatic carbocycles. The maximum atomic E-state index is 13.2. The van der Waals surface area contributed by atoms with E-state index < -0.39 is 22.9 Å². The normalized spacial score (nSPS) is 18.2. The second-order valence-electron chi connectivity index (χ2n) is 9.47. The van der Waals surface area contributed by atoms with E-state index in [4.69, 9.17) is 13.6 Å². The molecule has 0 unspecified atom stereocenters. The molecule has 2 aromatic heterocycles. The molecule has 0 radical (unpaired) electrons. The third kappa shape index (κ3) is 3.92. The van der Waals surface area contributed by atoms with E-state index in [2.05, 4.69) is 5.10 Å². The predicted octanol–water partition coefficient (Wildman–Crippen LogP) is 3.19. The Labute approximate surface area is 185 Å². The number of ether oxygens (including phenoxy) is 1. The zero-order valence-electron chi connectivity index (χ0n) is 19.0. The number of amides is 1. The molecule has 1 aliphatic heterocycles. The average molecular weight is 444 g/mol. The lowest BCUT2D eigenvalue weighted by Gasteiger charge is -2.54. The fraction of sp³-hybridized carbons (Fsp3) is 0.522. The summed E-state index contributed by atoms with van der Waals surface area (Å²) in [7, 11) is 0. The Morgan fingerprint density at radius 2 is 1.91 bits per heavy atom. The lowest BCUT2D eigenvalue weighted by molar-refractivity contribution is -0.155. The number of para-hydroxylation sites is 1. The van der Waals surface area contributed by atoms with E-state index in [1.54, 1.807) is 17.0 Å². The Balaban J connectivity index is 1.62. The summed E-state index contributed by atoms with van der Waals surface area (Å²) in [5, 5.41) is 15.2. The summed E-state index contributed by atoms with van der Waals surface area (Å²) in [4.78, 5) is 27.4. The van der Waals surface area contributed by atoms with E-state index >= 15 is 0 Å². The minimum absolute atomic E-state index is 0.00552. The van der Waals surface area contributed by atoms with Gasteiger partial charge in [-0.05, 0) is 59.6 Å². The number of furan rings is 1. The van der Waals surface area contributed by atoms with Crippen LogP contribution in [0.15, 0.2) is 37.9 Å². The topological polar surface area (TPSA) is 111 Å². The highest BCUT2D eigenvalue weighted by molar-refractivity contribution is 5.86. The van der Waals surface area contributed by atoms with Crippen LogP contribution >= 0.6 is 0 Å². The van der Waals surface area contributed by atoms with Crippen molar-refractivity contribution in [2.75, 3.05) is 6.61 Å². The first-order chi connectivity index (χ1) is 15.0. The number of nitrogens with zero attached hydrogens (tertiary/aromatic N) is 3. The smallest absolute Gasteiger partial charge is 0.437 e. The first-order valence-corrected chi connectivity index (χ1v) is 10.8. The minimum Gasteiger partial charge on any atom is -0.490 e. The number of aliphatic hydroxyl groups is 1. The molecule has 0 spiro atoms. The standard InChI is InChI=1S/C23H29N3O6/c1-6-30-16-9-7-8-14-10-17(31-19(14)16)20-24-25(21(29)32-20)13-18(28)26-22(2,3)11-15(27)12-23(26,4)5/h7-10,15,27H,6,11-13H2,1-5H3. The van der Waals surface area contributed by atoms with Gasteiger partial charge in [-0.25, -0.2) is 4.79 Å². The molecular formula is C23H29N3O6. The van der Waals surface area contributed by atoms with Gasteiger partial charge in [0.1, 0.15) is 6.54 Å². The van der Waals surface area contributed by atoms with Crippen molar-refractivity contribution in [2.45, 2.75) is 71.2 Å². The maximum Gasteiger partial charge on any atom is 0.437 e. The van der Waals surface area contributed by atoms with Crippen molar-refractivity contribution >= 4 is 16.9 Å². The van der Waals surface area contributed by atoms with E-state index in [9.17, 15) is 14.7 Å². The molecule has 1 N–H and O–H groups in total. The van der Waals surface area contributed by atoms with Crippen molar-refractivity contribution in [3.63, 3.8) is 0 Å². The van der Waals surface area contributed by atoms with E-state index in [-0.39, 0.29) is 24.1 Å². The Morgan fingerprint density at radius 1 is 1.22 bits per heavy atom. The SMILES string of the molecule is CCOc1cccc2cc(-c3nn(CC(=O)N4C(C)(C)CC(O)CC4(C)C)c(=O)o3)oc12. The number of aliphatic hydroxyl groups excluding tert-OH is 1. The largest absolute Gasteiger partial charge is 0.490 e. The first-order valence-electron chi connectivity index (χ1n) is 10.8. The van der Waals surface area contributed by atoms with Crippen molar-refractivity contribution in [3.05, 3.63) is 34.8 Å². The quantitative estimate of drug-likeness (QED) is 0.645. The van der Waals surface area contributed by atoms with Gasteiger partial charge < -0.3 is 23.6 Å². The predicted molar refractivity (Wildman–Crippen MR) is 117 cm³/mol. The molecule has 1 fully saturated rings.